The van der Waals surface area contributed by atoms with Crippen molar-refractivity contribution in [3.05, 3.63) is 52.3 Å². The van der Waals surface area contributed by atoms with Crippen LogP contribution in [-0.2, 0) is 10.0 Å². The molecule has 0 aliphatic carbocycles. The van der Waals surface area contributed by atoms with Crippen molar-refractivity contribution in [2.24, 2.45) is 0 Å². The average Bonchev–Trinajstić information content (AvgIpc) is 2.37. The van der Waals surface area contributed by atoms with Crippen LogP contribution in [0.5, 0.6) is 0 Å². The molecule has 0 radical (unpaired) electrons. The maximum Gasteiger partial charge on any atom is 0.262 e. The lowest BCUT2D eigenvalue weighted by atomic mass is 10.3. The minimum absolute atomic E-state index is 0.137. The van der Waals surface area contributed by atoms with Crippen LogP contribution in [0.2, 0.25) is 0 Å². The van der Waals surface area contributed by atoms with Crippen molar-refractivity contribution in [2.75, 3.05) is 10.5 Å². The molecule has 0 spiro atoms. The third-order valence-electron chi connectivity index (χ3n) is 2.52. The third-order valence-corrected chi connectivity index (χ3v) is 4.59. The van der Waals surface area contributed by atoms with Gasteiger partial charge in [-0.25, -0.2) is 21.6 Å². The topological polar surface area (TPSA) is 72.2 Å². The predicted octanol–water partition coefficient (Wildman–Crippen LogP) is 3.25. The highest BCUT2D eigenvalue weighted by atomic mass is 79.9. The zero-order chi connectivity index (χ0) is 15.8. The van der Waals surface area contributed by atoms with Gasteiger partial charge < -0.3 is 5.73 Å². The molecule has 0 saturated heterocycles. The van der Waals surface area contributed by atoms with Crippen molar-refractivity contribution in [3.8, 4) is 0 Å². The Balaban J connectivity index is 2.44. The lowest BCUT2D eigenvalue weighted by molar-refractivity contribution is 0.547. The van der Waals surface area contributed by atoms with Gasteiger partial charge in [0.1, 0.15) is 11.5 Å². The summed E-state index contributed by atoms with van der Waals surface area (Å²) in [4.78, 5) is -0.286. The Bertz CT molecular complexity index is 789. The fourth-order valence-electron chi connectivity index (χ4n) is 1.52. The number of hydrogen-bond donors (Lipinski definition) is 2. The molecule has 2 rings (SSSR count). The van der Waals surface area contributed by atoms with Gasteiger partial charge in [-0.05, 0) is 34.1 Å². The maximum atomic E-state index is 13.5. The molecule has 0 saturated carbocycles. The Morgan fingerprint density at radius 3 is 2.14 bits per heavy atom. The fraction of sp³-hybridized carbons (Fsp3) is 0. The van der Waals surface area contributed by atoms with E-state index in [1.165, 1.54) is 12.1 Å². The SMILES string of the molecule is Nc1cc(S(=O)(=O)Nc2c(F)cc(F)cc2F)ccc1Br. The highest BCUT2D eigenvalue weighted by molar-refractivity contribution is 9.10. The predicted molar refractivity (Wildman–Crippen MR) is 75.7 cm³/mol. The van der Waals surface area contributed by atoms with Crippen molar-refractivity contribution in [1.29, 1.82) is 0 Å². The first-order valence-corrected chi connectivity index (χ1v) is 7.71. The van der Waals surface area contributed by atoms with Crippen LogP contribution in [0, 0.1) is 17.5 Å². The molecule has 0 unspecified atom stereocenters. The molecule has 2 aromatic rings. The molecule has 0 aliphatic heterocycles. The van der Waals surface area contributed by atoms with E-state index in [1.807, 2.05) is 0 Å². The molecule has 0 aliphatic rings. The zero-order valence-corrected chi connectivity index (χ0v) is 12.6. The second-order valence-electron chi connectivity index (χ2n) is 4.03. The van der Waals surface area contributed by atoms with Gasteiger partial charge in [-0.2, -0.15) is 0 Å². The van der Waals surface area contributed by atoms with E-state index in [0.717, 1.165) is 6.07 Å². The van der Waals surface area contributed by atoms with Crippen LogP contribution in [0.1, 0.15) is 0 Å². The van der Waals surface area contributed by atoms with Crippen LogP contribution < -0.4 is 10.5 Å². The van der Waals surface area contributed by atoms with Crippen molar-refractivity contribution >= 4 is 37.3 Å². The van der Waals surface area contributed by atoms with Crippen LogP contribution in [0.25, 0.3) is 0 Å². The molecule has 0 fully saturated rings. The number of nitrogens with one attached hydrogen (secondary N) is 1. The van der Waals surface area contributed by atoms with E-state index >= 15 is 0 Å². The molecular formula is C12H8BrF3N2O2S. The molecule has 2 aromatic carbocycles. The first-order valence-electron chi connectivity index (χ1n) is 5.43. The van der Waals surface area contributed by atoms with Gasteiger partial charge in [0, 0.05) is 22.3 Å². The van der Waals surface area contributed by atoms with Gasteiger partial charge in [0.15, 0.2) is 11.6 Å². The van der Waals surface area contributed by atoms with Gasteiger partial charge in [-0.1, -0.05) is 0 Å². The van der Waals surface area contributed by atoms with E-state index in [0.29, 0.717) is 16.6 Å². The molecule has 21 heavy (non-hydrogen) atoms. The lowest BCUT2D eigenvalue weighted by Crippen LogP contribution is -2.15. The fourth-order valence-corrected chi connectivity index (χ4v) is 2.88. The van der Waals surface area contributed by atoms with Crippen molar-refractivity contribution in [1.82, 2.24) is 0 Å². The van der Waals surface area contributed by atoms with E-state index in [2.05, 4.69) is 15.9 Å². The summed E-state index contributed by atoms with van der Waals surface area (Å²) in [5, 5.41) is 0. The average molecular weight is 381 g/mol. The minimum Gasteiger partial charge on any atom is -0.398 e. The standard InChI is InChI=1S/C12H8BrF3N2O2S/c13-8-2-1-7(5-11(8)17)21(19,20)18-12-9(15)3-6(14)4-10(12)16/h1-5,18H,17H2. The number of rotatable bonds is 3. The number of nitrogens with two attached hydrogens (primary N) is 1. The first kappa shape index (κ1) is 15.6. The quantitative estimate of drug-likeness (QED) is 0.802. The summed E-state index contributed by atoms with van der Waals surface area (Å²) in [5.74, 6) is -3.87. The summed E-state index contributed by atoms with van der Waals surface area (Å²) >= 11 is 3.09. The van der Waals surface area contributed by atoms with Crippen LogP contribution in [0.4, 0.5) is 24.5 Å². The minimum atomic E-state index is -4.26. The van der Waals surface area contributed by atoms with E-state index < -0.39 is 33.2 Å². The van der Waals surface area contributed by atoms with Gasteiger partial charge in [0.05, 0.1) is 4.90 Å². The van der Waals surface area contributed by atoms with Crippen LogP contribution in [0.15, 0.2) is 39.7 Å². The summed E-state index contributed by atoms with van der Waals surface area (Å²) in [6.45, 7) is 0. The molecule has 112 valence electrons. The third kappa shape index (κ3) is 3.30. The summed E-state index contributed by atoms with van der Waals surface area (Å²) in [7, 11) is -4.26. The van der Waals surface area contributed by atoms with Gasteiger partial charge >= 0.3 is 0 Å². The molecule has 3 N–H and O–H groups in total. The maximum absolute atomic E-state index is 13.5. The Morgan fingerprint density at radius 1 is 1.05 bits per heavy atom. The van der Waals surface area contributed by atoms with Crippen LogP contribution in [0.3, 0.4) is 0 Å². The number of halogens is 4. The molecule has 0 amide bonds. The number of nitrogen functional groups attached to an aromatic ring is 1. The van der Waals surface area contributed by atoms with Crippen LogP contribution in [-0.4, -0.2) is 8.42 Å². The van der Waals surface area contributed by atoms with Gasteiger partial charge in [0.2, 0.25) is 0 Å². The summed E-state index contributed by atoms with van der Waals surface area (Å²) in [5.41, 5.74) is 4.73. The number of benzene rings is 2. The second-order valence-corrected chi connectivity index (χ2v) is 6.57. The largest absolute Gasteiger partial charge is 0.398 e. The van der Waals surface area contributed by atoms with Crippen LogP contribution >= 0.6 is 15.9 Å². The summed E-state index contributed by atoms with van der Waals surface area (Å²) < 4.78 is 66.0. The normalized spacial score (nSPS) is 11.4. The monoisotopic (exact) mass is 380 g/mol. The Kier molecular flexibility index (Phi) is 4.15. The lowest BCUT2D eigenvalue weighted by Gasteiger charge is -2.11. The van der Waals surface area contributed by atoms with Gasteiger partial charge in [-0.3, -0.25) is 4.72 Å². The van der Waals surface area contributed by atoms with Crippen molar-refractivity contribution in [3.63, 3.8) is 0 Å². The van der Waals surface area contributed by atoms with Crippen molar-refractivity contribution in [2.45, 2.75) is 4.90 Å². The molecule has 0 aromatic heterocycles. The molecule has 4 nitrogen and oxygen atoms in total. The number of anilines is 2. The Hall–Kier alpha value is -1.74. The molecule has 9 heteroatoms. The highest BCUT2D eigenvalue weighted by Gasteiger charge is 2.20. The number of hydrogen-bond acceptors (Lipinski definition) is 3. The highest BCUT2D eigenvalue weighted by Crippen LogP contribution is 2.26. The van der Waals surface area contributed by atoms with Gasteiger partial charge in [0.25, 0.3) is 10.0 Å². The van der Waals surface area contributed by atoms with E-state index in [4.69, 9.17) is 5.73 Å². The van der Waals surface area contributed by atoms with E-state index in [9.17, 15) is 21.6 Å². The molecule has 0 heterocycles. The smallest absolute Gasteiger partial charge is 0.262 e. The summed E-state index contributed by atoms with van der Waals surface area (Å²) in [6.07, 6.45) is 0. The Morgan fingerprint density at radius 2 is 1.62 bits per heavy atom. The van der Waals surface area contributed by atoms with Crippen molar-refractivity contribution < 1.29 is 21.6 Å². The molecule has 0 atom stereocenters. The second kappa shape index (κ2) is 5.57. The first-order chi connectivity index (χ1) is 9.70. The Labute approximate surface area is 127 Å². The van der Waals surface area contributed by atoms with Gasteiger partial charge in [-0.15, -0.1) is 0 Å². The van der Waals surface area contributed by atoms with E-state index in [-0.39, 0.29) is 10.6 Å². The van der Waals surface area contributed by atoms with E-state index in [1.54, 1.807) is 4.72 Å². The summed E-state index contributed by atoms with van der Waals surface area (Å²) in [6, 6.07) is 4.43. The molecular weight excluding hydrogens is 373 g/mol. The molecule has 0 bridgehead atoms. The zero-order valence-electron chi connectivity index (χ0n) is 10.2. The number of sulfonamides is 1.